The normalized spacial score (nSPS) is 13.7. The van der Waals surface area contributed by atoms with Gasteiger partial charge in [0.15, 0.2) is 5.69 Å². The van der Waals surface area contributed by atoms with Gasteiger partial charge in [0.05, 0.1) is 23.5 Å². The Kier molecular flexibility index (Phi) is 2.76. The van der Waals surface area contributed by atoms with E-state index in [1.807, 2.05) is 0 Å². The number of aromatic carboxylic acids is 1. The minimum Gasteiger partial charge on any atom is -0.476 e. The summed E-state index contributed by atoms with van der Waals surface area (Å²) in [6, 6.07) is 4.92. The van der Waals surface area contributed by atoms with Crippen molar-refractivity contribution in [2.75, 3.05) is 7.05 Å². The second-order valence-corrected chi connectivity index (χ2v) is 4.97. The molecule has 0 unspecified atom stereocenters. The molecule has 0 aliphatic carbocycles. The summed E-state index contributed by atoms with van der Waals surface area (Å²) >= 11 is 5.94. The van der Waals surface area contributed by atoms with Crippen molar-refractivity contribution in [3.63, 3.8) is 0 Å². The molecule has 0 saturated heterocycles. The first kappa shape index (κ1) is 12.7. The van der Waals surface area contributed by atoms with E-state index in [4.69, 9.17) is 16.7 Å². The number of nitrogens with zero attached hydrogens (tertiary/aromatic N) is 3. The highest BCUT2D eigenvalue weighted by Gasteiger charge is 2.28. The van der Waals surface area contributed by atoms with Crippen LogP contribution in [0.1, 0.15) is 26.5 Å². The molecule has 0 radical (unpaired) electrons. The molecule has 2 heterocycles. The largest absolute Gasteiger partial charge is 0.476 e. The van der Waals surface area contributed by atoms with Crippen LogP contribution in [0.2, 0.25) is 5.02 Å². The summed E-state index contributed by atoms with van der Waals surface area (Å²) in [6.45, 7) is 0.173. The molecule has 0 spiro atoms. The number of carboxylic acids is 1. The quantitative estimate of drug-likeness (QED) is 0.869. The highest BCUT2D eigenvalue weighted by molar-refractivity contribution is 6.31. The third-order valence-corrected chi connectivity index (χ3v) is 3.49. The number of carboxylic acid groups (broad SMARTS) is 1. The number of benzene rings is 1. The number of fused-ring (bicyclic) bond motifs is 3. The fourth-order valence-corrected chi connectivity index (χ4v) is 2.47. The molecule has 3 rings (SSSR count). The lowest BCUT2D eigenvalue weighted by Crippen LogP contribution is -2.25. The van der Waals surface area contributed by atoms with Crippen molar-refractivity contribution >= 4 is 23.5 Å². The van der Waals surface area contributed by atoms with Crippen molar-refractivity contribution < 1.29 is 14.7 Å². The second kappa shape index (κ2) is 4.35. The van der Waals surface area contributed by atoms with Gasteiger partial charge in [-0.2, -0.15) is 0 Å². The Labute approximate surface area is 119 Å². The predicted octanol–water partition coefficient (Wildman–Crippen LogP) is 1.81. The molecule has 7 heteroatoms. The van der Waals surface area contributed by atoms with Gasteiger partial charge >= 0.3 is 5.97 Å². The van der Waals surface area contributed by atoms with Crippen molar-refractivity contribution in [1.29, 1.82) is 0 Å². The van der Waals surface area contributed by atoms with E-state index in [0.29, 0.717) is 22.0 Å². The number of carbonyl (C=O) groups excluding carboxylic acids is 1. The van der Waals surface area contributed by atoms with E-state index in [9.17, 15) is 9.59 Å². The smallest absolute Gasteiger partial charge is 0.356 e. The van der Waals surface area contributed by atoms with Gasteiger partial charge in [-0.25, -0.2) is 9.78 Å². The lowest BCUT2D eigenvalue weighted by atomic mass is 10.1. The topological polar surface area (TPSA) is 75.4 Å². The summed E-state index contributed by atoms with van der Waals surface area (Å²) < 4.78 is 1.62. The summed E-state index contributed by atoms with van der Waals surface area (Å²) in [5, 5.41) is 9.62. The van der Waals surface area contributed by atoms with Crippen LogP contribution in [0.5, 0.6) is 0 Å². The molecule has 2 aromatic rings. The number of hydrogen-bond donors (Lipinski definition) is 1. The number of amides is 1. The molecule has 0 fully saturated rings. The van der Waals surface area contributed by atoms with Crippen LogP contribution in [-0.2, 0) is 6.54 Å². The number of aromatic nitrogens is 2. The van der Waals surface area contributed by atoms with E-state index in [2.05, 4.69) is 4.98 Å². The molecule has 0 saturated carbocycles. The Bertz CT molecular complexity index is 738. The van der Waals surface area contributed by atoms with Crippen molar-refractivity contribution in [1.82, 2.24) is 14.5 Å². The average molecular weight is 292 g/mol. The molecule has 1 amide bonds. The van der Waals surface area contributed by atoms with Crippen LogP contribution in [0.15, 0.2) is 24.5 Å². The van der Waals surface area contributed by atoms with Crippen LogP contribution < -0.4 is 0 Å². The minimum absolute atomic E-state index is 0.0487. The molecule has 1 N–H and O–H groups in total. The Hall–Kier alpha value is -2.34. The fraction of sp³-hybridized carbons (Fsp3) is 0.154. The summed E-state index contributed by atoms with van der Waals surface area (Å²) in [4.78, 5) is 28.9. The molecule has 20 heavy (non-hydrogen) atoms. The standard InChI is InChI=1S/C13H10ClN3O3/c1-16-5-10-11(13(19)20)15-6-17(10)9-3-2-7(14)4-8(9)12(16)18/h2-4,6H,5H2,1H3,(H,19,20). The van der Waals surface area contributed by atoms with E-state index in [1.165, 1.54) is 11.2 Å². The molecule has 6 nitrogen and oxygen atoms in total. The van der Waals surface area contributed by atoms with Crippen LogP contribution in [-0.4, -0.2) is 38.5 Å². The zero-order chi connectivity index (χ0) is 14.4. The summed E-state index contributed by atoms with van der Waals surface area (Å²) in [5.41, 5.74) is 1.42. The third kappa shape index (κ3) is 1.77. The molecule has 0 bridgehead atoms. The lowest BCUT2D eigenvalue weighted by Gasteiger charge is -2.14. The number of imidazole rings is 1. The minimum atomic E-state index is -1.11. The Morgan fingerprint density at radius 3 is 2.90 bits per heavy atom. The van der Waals surface area contributed by atoms with Gasteiger partial charge in [-0.1, -0.05) is 11.6 Å². The van der Waals surface area contributed by atoms with Gasteiger partial charge in [0.1, 0.15) is 6.33 Å². The number of rotatable bonds is 1. The van der Waals surface area contributed by atoms with Gasteiger partial charge in [-0.3, -0.25) is 9.36 Å². The van der Waals surface area contributed by atoms with Gasteiger partial charge in [-0.05, 0) is 18.2 Å². The van der Waals surface area contributed by atoms with Gasteiger partial charge in [0.25, 0.3) is 5.91 Å². The summed E-state index contributed by atoms with van der Waals surface area (Å²) in [5.74, 6) is -1.32. The van der Waals surface area contributed by atoms with Crippen LogP contribution in [0.3, 0.4) is 0 Å². The van der Waals surface area contributed by atoms with Crippen LogP contribution in [0.4, 0.5) is 0 Å². The number of hydrogen-bond acceptors (Lipinski definition) is 3. The van der Waals surface area contributed by atoms with Crippen LogP contribution in [0.25, 0.3) is 5.69 Å². The lowest BCUT2D eigenvalue weighted by molar-refractivity contribution is 0.0683. The maximum absolute atomic E-state index is 12.3. The van der Waals surface area contributed by atoms with Crippen molar-refractivity contribution in [2.24, 2.45) is 0 Å². The van der Waals surface area contributed by atoms with Crippen molar-refractivity contribution in [3.8, 4) is 5.69 Å². The Balaban J connectivity index is 2.31. The van der Waals surface area contributed by atoms with Crippen LogP contribution in [0, 0.1) is 0 Å². The highest BCUT2D eigenvalue weighted by Crippen LogP contribution is 2.27. The molecular weight excluding hydrogens is 282 g/mol. The van der Waals surface area contributed by atoms with Crippen molar-refractivity contribution in [3.05, 3.63) is 46.5 Å². The molecule has 102 valence electrons. The Morgan fingerprint density at radius 1 is 1.45 bits per heavy atom. The summed E-state index contributed by atoms with van der Waals surface area (Å²) in [7, 11) is 1.61. The molecule has 1 aromatic heterocycles. The molecule has 1 aliphatic heterocycles. The van der Waals surface area contributed by atoms with Gasteiger partial charge < -0.3 is 10.0 Å². The zero-order valence-electron chi connectivity index (χ0n) is 10.5. The van der Waals surface area contributed by atoms with Gasteiger partial charge in [0, 0.05) is 12.1 Å². The molecule has 1 aromatic carbocycles. The fourth-order valence-electron chi connectivity index (χ4n) is 2.30. The average Bonchev–Trinajstić information content (AvgIpc) is 2.77. The van der Waals surface area contributed by atoms with E-state index < -0.39 is 5.97 Å². The summed E-state index contributed by atoms with van der Waals surface area (Å²) in [6.07, 6.45) is 1.41. The maximum Gasteiger partial charge on any atom is 0.356 e. The highest BCUT2D eigenvalue weighted by atomic mass is 35.5. The maximum atomic E-state index is 12.3. The van der Waals surface area contributed by atoms with E-state index in [0.717, 1.165) is 0 Å². The van der Waals surface area contributed by atoms with Crippen molar-refractivity contribution in [2.45, 2.75) is 6.54 Å². The van der Waals surface area contributed by atoms with Gasteiger partial charge in [-0.15, -0.1) is 0 Å². The zero-order valence-corrected chi connectivity index (χ0v) is 11.3. The van der Waals surface area contributed by atoms with Gasteiger partial charge in [0.2, 0.25) is 0 Å². The molecule has 0 atom stereocenters. The molecule has 1 aliphatic rings. The Morgan fingerprint density at radius 2 is 2.20 bits per heavy atom. The first-order valence-corrected chi connectivity index (χ1v) is 6.21. The van der Waals surface area contributed by atoms with Crippen LogP contribution >= 0.6 is 11.6 Å². The number of carbonyl (C=O) groups is 2. The molecular formula is C13H10ClN3O3. The SMILES string of the molecule is CN1Cc2c(C(=O)O)ncn2-c2ccc(Cl)cc2C1=O. The number of halogens is 1. The van der Waals surface area contributed by atoms with E-state index in [-0.39, 0.29) is 18.1 Å². The predicted molar refractivity (Wildman–Crippen MR) is 71.3 cm³/mol. The van der Waals surface area contributed by atoms with E-state index >= 15 is 0 Å². The third-order valence-electron chi connectivity index (χ3n) is 3.25. The first-order valence-electron chi connectivity index (χ1n) is 5.84. The first-order chi connectivity index (χ1) is 9.49. The van der Waals surface area contributed by atoms with E-state index in [1.54, 1.807) is 29.8 Å². The second-order valence-electron chi connectivity index (χ2n) is 4.54. The monoisotopic (exact) mass is 291 g/mol.